The molecule has 0 aromatic rings. The van der Waals surface area contributed by atoms with E-state index in [1.54, 1.807) is 7.05 Å². The summed E-state index contributed by atoms with van der Waals surface area (Å²) in [4.78, 5) is 3.77. The molecular formula is C5H12N2. The first-order valence-electron chi connectivity index (χ1n) is 2.52. The standard InChI is InChI=1S/C5H12N2/c1-3-4-5(6)7-2/h3-4H2,1-2H3,(H2,6,7). The van der Waals surface area contributed by atoms with E-state index in [0.29, 0.717) is 0 Å². The van der Waals surface area contributed by atoms with Crippen molar-refractivity contribution in [2.45, 2.75) is 19.8 Å². The Labute approximate surface area is 44.4 Å². The Kier molecular flexibility index (Phi) is 3.38. The van der Waals surface area contributed by atoms with Gasteiger partial charge in [-0.1, -0.05) is 6.92 Å². The molecule has 0 rings (SSSR count). The molecule has 0 aromatic heterocycles. The quantitative estimate of drug-likeness (QED) is 0.404. The Morgan fingerprint density at radius 2 is 2.29 bits per heavy atom. The van der Waals surface area contributed by atoms with Gasteiger partial charge in [-0.2, -0.15) is 0 Å². The molecule has 42 valence electrons. The molecule has 2 heteroatoms. The van der Waals surface area contributed by atoms with Crippen molar-refractivity contribution in [2.75, 3.05) is 7.05 Å². The normalized spacial score (nSPS) is 12.0. The second-order valence-corrected chi connectivity index (χ2v) is 1.46. The largest absolute Gasteiger partial charge is 0.387 e. The third-order valence-corrected chi connectivity index (χ3v) is 0.793. The Morgan fingerprint density at radius 3 is 2.43 bits per heavy atom. The van der Waals surface area contributed by atoms with Crippen LogP contribution in [-0.4, -0.2) is 12.9 Å². The molecule has 0 saturated heterocycles. The van der Waals surface area contributed by atoms with E-state index in [1.807, 2.05) is 0 Å². The smallest absolute Gasteiger partial charge is 0.0933 e. The topological polar surface area (TPSA) is 38.4 Å². The van der Waals surface area contributed by atoms with Crippen LogP contribution in [0.4, 0.5) is 0 Å². The predicted octanol–water partition coefficient (Wildman–Crippen LogP) is 0.774. The maximum atomic E-state index is 5.33. The van der Waals surface area contributed by atoms with Gasteiger partial charge in [0.2, 0.25) is 0 Å². The third-order valence-electron chi connectivity index (χ3n) is 0.793. The van der Waals surface area contributed by atoms with Crippen LogP contribution >= 0.6 is 0 Å². The number of hydrogen-bond donors (Lipinski definition) is 1. The van der Waals surface area contributed by atoms with Crippen molar-refractivity contribution in [1.29, 1.82) is 0 Å². The Morgan fingerprint density at radius 1 is 1.71 bits per heavy atom. The molecule has 2 N–H and O–H groups in total. The van der Waals surface area contributed by atoms with Crippen LogP contribution < -0.4 is 5.73 Å². The Balaban J connectivity index is 3.17. The third kappa shape index (κ3) is 3.30. The second-order valence-electron chi connectivity index (χ2n) is 1.46. The van der Waals surface area contributed by atoms with Crippen molar-refractivity contribution >= 4 is 5.84 Å². The van der Waals surface area contributed by atoms with Crippen LogP contribution in [0.2, 0.25) is 0 Å². The summed E-state index contributed by atoms with van der Waals surface area (Å²) in [7, 11) is 1.71. The summed E-state index contributed by atoms with van der Waals surface area (Å²) < 4.78 is 0. The fraction of sp³-hybridized carbons (Fsp3) is 0.800. The summed E-state index contributed by atoms with van der Waals surface area (Å²) in [6.45, 7) is 2.08. The zero-order valence-electron chi connectivity index (χ0n) is 4.94. The molecule has 2 nitrogen and oxygen atoms in total. The SMILES string of the molecule is CCCC(N)=NC. The van der Waals surface area contributed by atoms with Crippen LogP contribution in [0.5, 0.6) is 0 Å². The van der Waals surface area contributed by atoms with Crippen LogP contribution in [0.1, 0.15) is 19.8 Å². The number of nitrogens with zero attached hydrogens (tertiary/aromatic N) is 1. The second kappa shape index (κ2) is 3.65. The molecule has 0 fully saturated rings. The summed E-state index contributed by atoms with van der Waals surface area (Å²) in [5, 5.41) is 0. The Hall–Kier alpha value is -0.530. The number of hydrogen-bond acceptors (Lipinski definition) is 1. The average Bonchev–Trinajstić information content (AvgIpc) is 1.68. The van der Waals surface area contributed by atoms with Crippen molar-refractivity contribution < 1.29 is 0 Å². The summed E-state index contributed by atoms with van der Waals surface area (Å²) in [6, 6.07) is 0. The van der Waals surface area contributed by atoms with Crippen LogP contribution in [0.25, 0.3) is 0 Å². The summed E-state index contributed by atoms with van der Waals surface area (Å²) >= 11 is 0. The maximum absolute atomic E-state index is 5.33. The molecule has 0 aromatic carbocycles. The van der Waals surface area contributed by atoms with Gasteiger partial charge in [0.15, 0.2) is 0 Å². The zero-order chi connectivity index (χ0) is 5.70. The van der Waals surface area contributed by atoms with E-state index in [1.165, 1.54) is 0 Å². The first kappa shape index (κ1) is 6.47. The number of rotatable bonds is 2. The van der Waals surface area contributed by atoms with Gasteiger partial charge in [0.25, 0.3) is 0 Å². The highest BCUT2D eigenvalue weighted by molar-refractivity contribution is 5.79. The van der Waals surface area contributed by atoms with Crippen LogP contribution in [-0.2, 0) is 0 Å². The monoisotopic (exact) mass is 100 g/mol. The van der Waals surface area contributed by atoms with Crippen molar-refractivity contribution in [3.63, 3.8) is 0 Å². The lowest BCUT2D eigenvalue weighted by Crippen LogP contribution is -2.09. The molecule has 0 aliphatic carbocycles. The molecule has 0 atom stereocenters. The predicted molar refractivity (Wildman–Crippen MR) is 32.5 cm³/mol. The molecule has 0 radical (unpaired) electrons. The van der Waals surface area contributed by atoms with E-state index in [2.05, 4.69) is 11.9 Å². The van der Waals surface area contributed by atoms with E-state index < -0.39 is 0 Å². The lowest BCUT2D eigenvalue weighted by Gasteiger charge is -1.90. The van der Waals surface area contributed by atoms with Crippen LogP contribution in [0, 0.1) is 0 Å². The molecular weight excluding hydrogens is 88.1 g/mol. The Bertz CT molecular complexity index is 66.5. The fourth-order valence-corrected chi connectivity index (χ4v) is 0.368. The van der Waals surface area contributed by atoms with Gasteiger partial charge in [-0.3, -0.25) is 4.99 Å². The van der Waals surface area contributed by atoms with E-state index in [4.69, 9.17) is 5.73 Å². The summed E-state index contributed by atoms with van der Waals surface area (Å²) in [6.07, 6.45) is 2.01. The van der Waals surface area contributed by atoms with E-state index in [0.717, 1.165) is 18.7 Å². The van der Waals surface area contributed by atoms with Gasteiger partial charge in [0, 0.05) is 13.5 Å². The van der Waals surface area contributed by atoms with Gasteiger partial charge in [0.05, 0.1) is 5.84 Å². The van der Waals surface area contributed by atoms with Crippen molar-refractivity contribution in [2.24, 2.45) is 10.7 Å². The molecule has 7 heavy (non-hydrogen) atoms. The molecule has 0 amide bonds. The summed E-state index contributed by atoms with van der Waals surface area (Å²) in [5.74, 6) is 0.752. The highest BCUT2D eigenvalue weighted by Crippen LogP contribution is 1.83. The summed E-state index contributed by atoms with van der Waals surface area (Å²) in [5.41, 5.74) is 5.33. The minimum atomic E-state index is 0.752. The minimum absolute atomic E-state index is 0.752. The zero-order valence-corrected chi connectivity index (χ0v) is 4.94. The average molecular weight is 100 g/mol. The van der Waals surface area contributed by atoms with Gasteiger partial charge in [-0.25, -0.2) is 0 Å². The van der Waals surface area contributed by atoms with E-state index in [9.17, 15) is 0 Å². The fourth-order valence-electron chi connectivity index (χ4n) is 0.368. The van der Waals surface area contributed by atoms with Gasteiger partial charge in [-0.05, 0) is 6.42 Å². The van der Waals surface area contributed by atoms with E-state index >= 15 is 0 Å². The van der Waals surface area contributed by atoms with Gasteiger partial charge in [-0.15, -0.1) is 0 Å². The molecule has 0 spiro atoms. The number of aliphatic imine (C=N–C) groups is 1. The van der Waals surface area contributed by atoms with Crippen LogP contribution in [0.15, 0.2) is 4.99 Å². The van der Waals surface area contributed by atoms with Gasteiger partial charge < -0.3 is 5.73 Å². The molecule has 0 saturated carbocycles. The molecule has 0 heterocycles. The van der Waals surface area contributed by atoms with Gasteiger partial charge >= 0.3 is 0 Å². The van der Waals surface area contributed by atoms with Gasteiger partial charge in [0.1, 0.15) is 0 Å². The molecule has 0 aliphatic rings. The highest BCUT2D eigenvalue weighted by Gasteiger charge is 1.82. The molecule has 0 bridgehead atoms. The number of nitrogens with two attached hydrogens (primary N) is 1. The van der Waals surface area contributed by atoms with Crippen molar-refractivity contribution in [3.8, 4) is 0 Å². The van der Waals surface area contributed by atoms with Crippen molar-refractivity contribution in [1.82, 2.24) is 0 Å². The lowest BCUT2D eigenvalue weighted by molar-refractivity contribution is 0.979. The van der Waals surface area contributed by atoms with Crippen LogP contribution in [0.3, 0.4) is 0 Å². The maximum Gasteiger partial charge on any atom is 0.0933 e. The first-order valence-corrected chi connectivity index (χ1v) is 2.52. The lowest BCUT2D eigenvalue weighted by atomic mass is 10.3. The van der Waals surface area contributed by atoms with E-state index in [-0.39, 0.29) is 0 Å². The number of amidine groups is 1. The molecule has 0 aliphatic heterocycles. The highest BCUT2D eigenvalue weighted by atomic mass is 14.8. The first-order chi connectivity index (χ1) is 3.31. The van der Waals surface area contributed by atoms with Crippen molar-refractivity contribution in [3.05, 3.63) is 0 Å². The minimum Gasteiger partial charge on any atom is -0.387 e. The molecule has 0 unspecified atom stereocenters.